The lowest BCUT2D eigenvalue weighted by Gasteiger charge is -2.22. The van der Waals surface area contributed by atoms with E-state index in [4.69, 9.17) is 0 Å². The standard InChI is InChI=1S/C51H32S2/c1-51(2)40-19-9-7-17-37(40)48-39(18-11-20-41(48)51)47-34-15-5-3-13-32(34)45(33-14-4-6-16-35(33)47)30-23-26-38-44(28-30)52-43-27-24-29-22-25-36-31-12-8-10-21-42(31)53-50(36)46(29)49(38)43/h3-28H,1-2H3. The van der Waals surface area contributed by atoms with Crippen LogP contribution in [0.25, 0.3) is 106 Å². The van der Waals surface area contributed by atoms with Crippen molar-refractivity contribution in [2.45, 2.75) is 19.3 Å². The Morgan fingerprint density at radius 3 is 1.79 bits per heavy atom. The van der Waals surface area contributed by atoms with E-state index in [1.165, 1.54) is 117 Å². The van der Waals surface area contributed by atoms with Crippen molar-refractivity contribution in [3.05, 3.63) is 169 Å². The Hall–Kier alpha value is -5.80. The summed E-state index contributed by atoms with van der Waals surface area (Å²) < 4.78 is 5.43. The van der Waals surface area contributed by atoms with Crippen molar-refractivity contribution in [1.82, 2.24) is 0 Å². The van der Waals surface area contributed by atoms with Gasteiger partial charge in [-0.2, -0.15) is 0 Å². The van der Waals surface area contributed by atoms with Gasteiger partial charge < -0.3 is 0 Å². The van der Waals surface area contributed by atoms with Crippen LogP contribution in [-0.4, -0.2) is 0 Å². The highest BCUT2D eigenvalue weighted by atomic mass is 32.1. The van der Waals surface area contributed by atoms with Crippen molar-refractivity contribution in [1.29, 1.82) is 0 Å². The normalized spacial score (nSPS) is 13.6. The predicted octanol–water partition coefficient (Wildman–Crippen LogP) is 15.5. The topological polar surface area (TPSA) is 0 Å². The number of thiophene rings is 2. The summed E-state index contributed by atoms with van der Waals surface area (Å²) in [5.41, 5.74) is 10.7. The Labute approximate surface area is 315 Å². The molecule has 11 aromatic rings. The van der Waals surface area contributed by atoms with Gasteiger partial charge in [-0.25, -0.2) is 0 Å². The lowest BCUT2D eigenvalue weighted by molar-refractivity contribution is 0.660. The first-order chi connectivity index (χ1) is 26.1. The molecule has 2 heteroatoms. The fourth-order valence-corrected chi connectivity index (χ4v) is 12.1. The number of rotatable bonds is 2. The molecule has 0 bridgehead atoms. The molecule has 0 radical (unpaired) electrons. The van der Waals surface area contributed by atoms with E-state index in [0.29, 0.717) is 0 Å². The van der Waals surface area contributed by atoms with Gasteiger partial charge >= 0.3 is 0 Å². The van der Waals surface area contributed by atoms with Crippen molar-refractivity contribution in [2.24, 2.45) is 0 Å². The molecule has 0 N–H and O–H groups in total. The molecule has 0 unspecified atom stereocenters. The molecule has 1 aliphatic rings. The molecule has 2 heterocycles. The minimum Gasteiger partial charge on any atom is -0.135 e. The van der Waals surface area contributed by atoms with Gasteiger partial charge in [0.1, 0.15) is 0 Å². The molecular weight excluding hydrogens is 677 g/mol. The Bertz CT molecular complexity index is 3310. The summed E-state index contributed by atoms with van der Waals surface area (Å²) in [6.07, 6.45) is 0. The van der Waals surface area contributed by atoms with E-state index < -0.39 is 0 Å². The van der Waals surface area contributed by atoms with Crippen LogP contribution in [0.15, 0.2) is 158 Å². The minimum absolute atomic E-state index is 0.0543. The van der Waals surface area contributed by atoms with Crippen molar-refractivity contribution < 1.29 is 0 Å². The second-order valence-electron chi connectivity index (χ2n) is 15.1. The first-order valence-corrected chi connectivity index (χ1v) is 20.1. The maximum atomic E-state index is 2.46. The van der Waals surface area contributed by atoms with E-state index in [1.807, 2.05) is 22.7 Å². The monoisotopic (exact) mass is 708 g/mol. The molecule has 0 atom stereocenters. The molecule has 0 nitrogen and oxygen atoms in total. The Kier molecular flexibility index (Phi) is 5.97. The zero-order valence-corrected chi connectivity index (χ0v) is 31.0. The van der Waals surface area contributed by atoms with Gasteiger partial charge in [0.15, 0.2) is 0 Å². The second kappa shape index (κ2) is 10.6. The molecule has 53 heavy (non-hydrogen) atoms. The first-order valence-electron chi connectivity index (χ1n) is 18.4. The second-order valence-corrected chi connectivity index (χ2v) is 17.3. The number of fused-ring (bicyclic) bond motifs is 14. The number of hydrogen-bond acceptors (Lipinski definition) is 2. The Balaban J connectivity index is 1.14. The molecule has 0 aliphatic heterocycles. The van der Waals surface area contributed by atoms with Gasteiger partial charge in [-0.15, -0.1) is 22.7 Å². The van der Waals surface area contributed by atoms with E-state index in [0.717, 1.165) is 0 Å². The van der Waals surface area contributed by atoms with Crippen LogP contribution >= 0.6 is 22.7 Å². The van der Waals surface area contributed by atoms with Crippen LogP contribution < -0.4 is 0 Å². The lowest BCUT2D eigenvalue weighted by Crippen LogP contribution is -2.14. The highest BCUT2D eigenvalue weighted by Crippen LogP contribution is 2.55. The molecule has 2 aromatic heterocycles. The highest BCUT2D eigenvalue weighted by Gasteiger charge is 2.37. The van der Waals surface area contributed by atoms with Gasteiger partial charge in [-0.05, 0) is 89.6 Å². The van der Waals surface area contributed by atoms with E-state index in [1.54, 1.807) is 0 Å². The molecule has 0 saturated carbocycles. The van der Waals surface area contributed by atoms with Gasteiger partial charge in [0, 0.05) is 51.1 Å². The van der Waals surface area contributed by atoms with Crippen LogP contribution in [-0.2, 0) is 5.41 Å². The maximum absolute atomic E-state index is 2.46. The minimum atomic E-state index is -0.0543. The summed E-state index contributed by atoms with van der Waals surface area (Å²) in [5, 5.41) is 13.3. The molecule has 9 aromatic carbocycles. The van der Waals surface area contributed by atoms with Crippen molar-refractivity contribution in [3.63, 3.8) is 0 Å². The van der Waals surface area contributed by atoms with Crippen molar-refractivity contribution in [3.8, 4) is 33.4 Å². The van der Waals surface area contributed by atoms with Crippen LogP contribution in [0.3, 0.4) is 0 Å². The molecular formula is C51H32S2. The van der Waals surface area contributed by atoms with Crippen molar-refractivity contribution >= 4 is 95.3 Å². The summed E-state index contributed by atoms with van der Waals surface area (Å²) in [7, 11) is 0. The van der Waals surface area contributed by atoms with E-state index in [9.17, 15) is 0 Å². The average Bonchev–Trinajstić information content (AvgIpc) is 3.84. The smallest absolute Gasteiger partial charge is 0.0440 e. The van der Waals surface area contributed by atoms with Gasteiger partial charge in [0.05, 0.1) is 0 Å². The Morgan fingerprint density at radius 1 is 0.377 bits per heavy atom. The van der Waals surface area contributed by atoms with E-state index >= 15 is 0 Å². The zero-order chi connectivity index (χ0) is 35.0. The quantitative estimate of drug-likeness (QED) is 0.157. The van der Waals surface area contributed by atoms with Gasteiger partial charge in [0.25, 0.3) is 0 Å². The summed E-state index contributed by atoms with van der Waals surface area (Å²) in [6, 6.07) is 59.5. The molecule has 0 saturated heterocycles. The predicted molar refractivity (Wildman–Crippen MR) is 233 cm³/mol. The maximum Gasteiger partial charge on any atom is 0.0440 e. The zero-order valence-electron chi connectivity index (χ0n) is 29.3. The summed E-state index contributed by atoms with van der Waals surface area (Å²) in [6.45, 7) is 4.75. The summed E-state index contributed by atoms with van der Waals surface area (Å²) >= 11 is 3.85. The Morgan fingerprint density at radius 2 is 1.00 bits per heavy atom. The fraction of sp³-hybridized carbons (Fsp3) is 0.0588. The largest absolute Gasteiger partial charge is 0.135 e. The fourth-order valence-electron chi connectivity index (χ4n) is 9.71. The third-order valence-electron chi connectivity index (χ3n) is 12.1. The molecule has 0 amide bonds. The highest BCUT2D eigenvalue weighted by molar-refractivity contribution is 7.28. The molecule has 12 rings (SSSR count). The summed E-state index contributed by atoms with van der Waals surface area (Å²) in [5.74, 6) is 0. The molecule has 248 valence electrons. The van der Waals surface area contributed by atoms with Crippen molar-refractivity contribution in [2.75, 3.05) is 0 Å². The van der Waals surface area contributed by atoms with Crippen LogP contribution in [0.4, 0.5) is 0 Å². The lowest BCUT2D eigenvalue weighted by atomic mass is 9.80. The molecule has 0 fully saturated rings. The van der Waals surface area contributed by atoms with E-state index in [2.05, 4.69) is 172 Å². The van der Waals surface area contributed by atoms with E-state index in [-0.39, 0.29) is 5.41 Å². The van der Waals surface area contributed by atoms with Gasteiger partial charge in [0.2, 0.25) is 0 Å². The van der Waals surface area contributed by atoms with Gasteiger partial charge in [-0.3, -0.25) is 0 Å². The average molecular weight is 709 g/mol. The third-order valence-corrected chi connectivity index (χ3v) is 14.4. The third kappa shape index (κ3) is 3.95. The molecule has 1 aliphatic carbocycles. The first kappa shape index (κ1) is 29.7. The van der Waals surface area contributed by atoms with Crippen LogP contribution in [0.2, 0.25) is 0 Å². The number of benzene rings is 9. The SMILES string of the molecule is CC1(C)c2ccccc2-c2c(-c3c4ccccc4c(-c4ccc5c(c4)sc4ccc6ccc7c8ccccc8sc7c6c45)c4ccccc34)cccc21. The van der Waals surface area contributed by atoms with Crippen LogP contribution in [0, 0.1) is 0 Å². The van der Waals surface area contributed by atoms with Gasteiger partial charge in [-0.1, -0.05) is 153 Å². The molecule has 0 spiro atoms. The van der Waals surface area contributed by atoms with Crippen LogP contribution in [0.5, 0.6) is 0 Å². The number of hydrogen-bond donors (Lipinski definition) is 0. The summed E-state index contributed by atoms with van der Waals surface area (Å²) in [4.78, 5) is 0. The van der Waals surface area contributed by atoms with Crippen LogP contribution in [0.1, 0.15) is 25.0 Å².